The van der Waals surface area contributed by atoms with Crippen molar-refractivity contribution < 1.29 is 9.16 Å². The molecule has 0 amide bonds. The number of hydrogen-bond acceptors (Lipinski definition) is 2. The minimum absolute atomic E-state index is 0.101. The molecule has 0 saturated carbocycles. The van der Waals surface area contributed by atoms with Gasteiger partial charge in [-0.3, -0.25) is 0 Å². The van der Waals surface area contributed by atoms with Crippen LogP contribution < -0.4 is 0 Å². The van der Waals surface area contributed by atoms with E-state index < -0.39 is 8.32 Å². The fourth-order valence-corrected chi connectivity index (χ4v) is 10.4. The molecule has 0 unspecified atom stereocenters. The highest BCUT2D eigenvalue weighted by atomic mass is 28.4. The molecule has 2 fully saturated rings. The molecule has 0 aromatic carbocycles. The van der Waals surface area contributed by atoms with Gasteiger partial charge in [-0.15, -0.1) is 0 Å². The van der Waals surface area contributed by atoms with Crippen LogP contribution in [0.15, 0.2) is 0 Å². The second-order valence-electron chi connectivity index (χ2n) is 8.74. The Morgan fingerprint density at radius 2 is 1.50 bits per heavy atom. The first-order chi connectivity index (χ1) is 7.91. The third-order valence-corrected chi connectivity index (χ3v) is 11.7. The molecule has 0 aromatic rings. The van der Waals surface area contributed by atoms with Gasteiger partial charge in [0.1, 0.15) is 0 Å². The fourth-order valence-electron chi connectivity index (χ4n) is 4.19. The summed E-state index contributed by atoms with van der Waals surface area (Å²) in [5, 5.41) is 0.567. The van der Waals surface area contributed by atoms with Crippen LogP contribution in [0.25, 0.3) is 0 Å². The van der Waals surface area contributed by atoms with E-state index in [1.54, 1.807) is 0 Å². The topological polar surface area (TPSA) is 18.5 Å². The molecule has 0 spiro atoms. The van der Waals surface area contributed by atoms with E-state index in [1.165, 1.54) is 6.04 Å². The Hall–Kier alpha value is 0.137. The van der Waals surface area contributed by atoms with Crippen LogP contribution in [-0.2, 0) is 9.16 Å². The Bertz CT molecular complexity index is 321. The zero-order valence-corrected chi connectivity index (χ0v) is 14.4. The summed E-state index contributed by atoms with van der Waals surface area (Å²) >= 11 is 0. The summed E-state index contributed by atoms with van der Waals surface area (Å²) in [5.74, 6) is 0.616. The molecule has 3 heteroatoms. The summed E-state index contributed by atoms with van der Waals surface area (Å²) in [4.78, 5) is 0. The second-order valence-corrected chi connectivity index (χ2v) is 14.0. The lowest BCUT2D eigenvalue weighted by Crippen LogP contribution is -2.54. The smallest absolute Gasteiger partial charge is 0.204 e. The quantitative estimate of drug-likeness (QED) is 0.609. The van der Waals surface area contributed by atoms with E-state index in [0.29, 0.717) is 12.0 Å². The first-order valence-electron chi connectivity index (χ1n) is 7.22. The van der Waals surface area contributed by atoms with Crippen LogP contribution in [0.1, 0.15) is 55.4 Å². The zero-order chi connectivity index (χ0) is 14.0. The molecule has 2 aliphatic heterocycles. The molecule has 0 bridgehead atoms. The molecular weight excluding hydrogens is 240 g/mol. The van der Waals surface area contributed by atoms with Gasteiger partial charge in [-0.05, 0) is 30.0 Å². The summed E-state index contributed by atoms with van der Waals surface area (Å²) in [6.07, 6.45) is 0.308. The lowest BCUT2D eigenvalue weighted by molar-refractivity contribution is -0.0238. The maximum atomic E-state index is 6.83. The molecule has 2 heterocycles. The van der Waals surface area contributed by atoms with Gasteiger partial charge >= 0.3 is 0 Å². The summed E-state index contributed by atoms with van der Waals surface area (Å²) < 4.78 is 12.8. The van der Waals surface area contributed by atoms with Gasteiger partial charge in [-0.2, -0.15) is 0 Å². The van der Waals surface area contributed by atoms with E-state index >= 15 is 0 Å². The Kier molecular flexibility index (Phi) is 3.09. The highest BCUT2D eigenvalue weighted by Gasteiger charge is 2.65. The first kappa shape index (κ1) is 14.5. The zero-order valence-electron chi connectivity index (χ0n) is 13.4. The Balaban J connectivity index is 2.38. The minimum atomic E-state index is -1.80. The number of hydrogen-bond donors (Lipinski definition) is 0. The number of ether oxygens (including phenoxy) is 1. The highest BCUT2D eigenvalue weighted by Crippen LogP contribution is 2.61. The third kappa shape index (κ3) is 1.90. The predicted molar refractivity (Wildman–Crippen MR) is 78.4 cm³/mol. The molecule has 2 rings (SSSR count). The van der Waals surface area contributed by atoms with Gasteiger partial charge in [-0.25, -0.2) is 0 Å². The van der Waals surface area contributed by atoms with Gasteiger partial charge in [0.15, 0.2) is 0 Å². The maximum absolute atomic E-state index is 6.83. The third-order valence-electron chi connectivity index (χ3n) is 5.08. The predicted octanol–water partition coefficient (Wildman–Crippen LogP) is 4.36. The van der Waals surface area contributed by atoms with Crippen LogP contribution >= 0.6 is 0 Å². The van der Waals surface area contributed by atoms with E-state index in [9.17, 15) is 0 Å². The van der Waals surface area contributed by atoms with E-state index in [2.05, 4.69) is 55.4 Å². The lowest BCUT2D eigenvalue weighted by Gasteiger charge is -2.49. The summed E-state index contributed by atoms with van der Waals surface area (Å²) in [6.45, 7) is 19.5. The van der Waals surface area contributed by atoms with Crippen LogP contribution in [0.2, 0.25) is 16.1 Å². The van der Waals surface area contributed by atoms with E-state index in [0.717, 1.165) is 6.61 Å². The molecular formula is C15H30O2Si. The van der Waals surface area contributed by atoms with Crippen molar-refractivity contribution in [3.05, 3.63) is 0 Å². The number of fused-ring (bicyclic) bond motifs is 1. The average Bonchev–Trinajstić information content (AvgIpc) is 2.63. The highest BCUT2D eigenvalue weighted by molar-refractivity contribution is 6.80. The van der Waals surface area contributed by atoms with Crippen molar-refractivity contribution in [2.45, 2.75) is 83.2 Å². The molecule has 2 nitrogen and oxygen atoms in total. The first-order valence-corrected chi connectivity index (χ1v) is 9.34. The summed E-state index contributed by atoms with van der Waals surface area (Å²) in [6, 6.07) is 1.26. The Labute approximate surface area is 114 Å². The molecule has 2 saturated heterocycles. The molecule has 2 aliphatic rings. The van der Waals surface area contributed by atoms with Crippen molar-refractivity contribution in [3.63, 3.8) is 0 Å². The van der Waals surface area contributed by atoms with Crippen LogP contribution in [0.5, 0.6) is 0 Å². The standard InChI is InChI=1S/C15H30O2Si/c1-13(2,3)18(14(4,5)6)10-11-9-16-15(7,8)12(11)17-18/h11-12H,9-10H2,1-8H3/t11-,12+/m1/s1. The molecule has 106 valence electrons. The summed E-state index contributed by atoms with van der Waals surface area (Å²) in [7, 11) is -1.80. The van der Waals surface area contributed by atoms with Gasteiger partial charge in [0.2, 0.25) is 8.32 Å². The van der Waals surface area contributed by atoms with Crippen LogP contribution in [0.4, 0.5) is 0 Å². The van der Waals surface area contributed by atoms with Crippen molar-refractivity contribution in [2.24, 2.45) is 5.92 Å². The Morgan fingerprint density at radius 1 is 1.00 bits per heavy atom. The maximum Gasteiger partial charge on any atom is 0.204 e. The fraction of sp³-hybridized carbons (Fsp3) is 1.00. The van der Waals surface area contributed by atoms with E-state index in [4.69, 9.17) is 9.16 Å². The Morgan fingerprint density at radius 3 is 1.89 bits per heavy atom. The normalized spacial score (nSPS) is 34.7. The van der Waals surface area contributed by atoms with Gasteiger partial charge in [0.05, 0.1) is 18.3 Å². The van der Waals surface area contributed by atoms with Crippen LogP contribution in [-0.4, -0.2) is 26.6 Å². The molecule has 18 heavy (non-hydrogen) atoms. The van der Waals surface area contributed by atoms with E-state index in [1.807, 2.05) is 0 Å². The molecule has 0 radical (unpaired) electrons. The SMILES string of the molecule is CC1(C)OC[C@@H]2C[Si](C(C)(C)C)(C(C)(C)C)O[C@@H]21. The van der Waals surface area contributed by atoms with Crippen molar-refractivity contribution >= 4 is 8.32 Å². The van der Waals surface area contributed by atoms with Gasteiger partial charge in [0.25, 0.3) is 0 Å². The van der Waals surface area contributed by atoms with Crippen molar-refractivity contribution in [3.8, 4) is 0 Å². The van der Waals surface area contributed by atoms with Crippen molar-refractivity contribution in [1.29, 1.82) is 0 Å². The average molecular weight is 270 g/mol. The molecule has 0 N–H and O–H groups in total. The number of rotatable bonds is 0. The van der Waals surface area contributed by atoms with Crippen molar-refractivity contribution in [2.75, 3.05) is 6.61 Å². The summed E-state index contributed by atoms with van der Waals surface area (Å²) in [5.41, 5.74) is -0.101. The van der Waals surface area contributed by atoms with Gasteiger partial charge in [-0.1, -0.05) is 41.5 Å². The second kappa shape index (κ2) is 3.83. The molecule has 0 aliphatic carbocycles. The largest absolute Gasteiger partial charge is 0.410 e. The molecule has 2 atom stereocenters. The van der Waals surface area contributed by atoms with Gasteiger partial charge in [0, 0.05) is 5.92 Å². The van der Waals surface area contributed by atoms with Crippen LogP contribution in [0.3, 0.4) is 0 Å². The minimum Gasteiger partial charge on any atom is -0.410 e. The molecule has 0 aromatic heterocycles. The monoisotopic (exact) mass is 270 g/mol. The van der Waals surface area contributed by atoms with Crippen LogP contribution in [0, 0.1) is 5.92 Å². The lowest BCUT2D eigenvalue weighted by atomic mass is 9.95. The van der Waals surface area contributed by atoms with E-state index in [-0.39, 0.29) is 15.7 Å². The van der Waals surface area contributed by atoms with Crippen molar-refractivity contribution in [1.82, 2.24) is 0 Å². The van der Waals surface area contributed by atoms with Gasteiger partial charge < -0.3 is 9.16 Å².